The monoisotopic (exact) mass is 717 g/mol. The Bertz CT molecular complexity index is 640. The van der Waals surface area contributed by atoms with Gasteiger partial charge < -0.3 is 39.1 Å². The molecule has 16 nitrogen and oxygen atoms in total. The summed E-state index contributed by atoms with van der Waals surface area (Å²) in [7, 11) is -17.9. The fourth-order valence-electron chi connectivity index (χ4n) is 3.19. The smallest absolute Gasteiger partial charge is 0.324 e. The third-order valence-corrected chi connectivity index (χ3v) is 7.54. The van der Waals surface area contributed by atoms with Gasteiger partial charge in [0.05, 0.1) is 0 Å². The maximum Gasteiger partial charge on any atom is 3.00 e. The molecule has 1 fully saturated rings. The number of nitrogens with zero attached hydrogens (tertiary/aromatic N) is 4. The molecule has 0 atom stereocenters. The predicted octanol–water partition coefficient (Wildman–Crippen LogP) is -2.25. The molecule has 0 saturated carbocycles. The van der Waals surface area contributed by atoms with E-state index < -0.39 is 55.5 Å². The van der Waals surface area contributed by atoms with Crippen molar-refractivity contribution in [2.24, 2.45) is 0 Å². The van der Waals surface area contributed by atoms with Gasteiger partial charge in [0.2, 0.25) is 0 Å². The van der Waals surface area contributed by atoms with E-state index in [1.54, 1.807) is 0 Å². The van der Waals surface area contributed by atoms with Gasteiger partial charge >= 0.3 is 67.3 Å². The first kappa shape index (κ1) is 34.7. The Kier molecular flexibility index (Phi) is 15.3. The summed E-state index contributed by atoms with van der Waals surface area (Å²) >= 11 is 0. The van der Waals surface area contributed by atoms with E-state index in [4.69, 9.17) is 0 Å². The minimum atomic E-state index is -4.48. The van der Waals surface area contributed by atoms with Crippen LogP contribution in [0.4, 0.5) is 0 Å². The molecule has 0 aliphatic carbocycles. The number of rotatable bonds is 8. The quantitative estimate of drug-likeness (QED) is 0.124. The Hall–Kier alpha value is 1.67. The molecule has 8 N–H and O–H groups in total. The van der Waals surface area contributed by atoms with Gasteiger partial charge in [0.15, 0.2) is 0 Å². The van der Waals surface area contributed by atoms with E-state index in [0.717, 1.165) is 0 Å². The molecule has 0 amide bonds. The van der Waals surface area contributed by atoms with Gasteiger partial charge in [0, 0.05) is 52.4 Å². The fraction of sp³-hybridized carbons (Fsp3) is 1.00. The standard InChI is InChI=1S/C12H32N4O12P4.Tm/c17-29(18,19)9-13-1-2-14(10-30(20,21)22)5-6-16(12-32(26,27)28)8-7-15(4-3-13)11-31(23,24)25;/h1-12H2,(H2,17,18,19)(H2,20,21,22)(H2,23,24,25)(H2,26,27,28);/q;+3. The minimum absolute atomic E-state index is 0. The van der Waals surface area contributed by atoms with Crippen molar-refractivity contribution in [3.8, 4) is 0 Å². The van der Waals surface area contributed by atoms with Gasteiger partial charge in [0.25, 0.3) is 0 Å². The number of hydrogen-bond acceptors (Lipinski definition) is 8. The third-order valence-electron chi connectivity index (χ3n) is 4.47. The molecule has 0 radical (unpaired) electrons. The fourth-order valence-corrected chi connectivity index (χ4v) is 6.40. The van der Waals surface area contributed by atoms with E-state index in [9.17, 15) is 57.4 Å². The van der Waals surface area contributed by atoms with Crippen molar-refractivity contribution < 1.29 is 94.3 Å². The minimum Gasteiger partial charge on any atom is -0.324 e. The van der Waals surface area contributed by atoms with Crippen LogP contribution in [0, 0.1) is 36.9 Å². The normalized spacial score (nSPS) is 20.6. The molecule has 33 heavy (non-hydrogen) atoms. The van der Waals surface area contributed by atoms with Gasteiger partial charge in [0.1, 0.15) is 25.1 Å². The molecule has 1 heterocycles. The summed E-state index contributed by atoms with van der Waals surface area (Å²) in [6.45, 7) is -0.0527. The van der Waals surface area contributed by atoms with Gasteiger partial charge in [-0.05, 0) is 0 Å². The summed E-state index contributed by atoms with van der Waals surface area (Å²) in [4.78, 5) is 79.9. The molecule has 21 heteroatoms. The Morgan fingerprint density at radius 1 is 0.394 bits per heavy atom. The second kappa shape index (κ2) is 14.6. The van der Waals surface area contributed by atoms with Gasteiger partial charge in [-0.2, -0.15) is 0 Å². The zero-order valence-electron chi connectivity index (χ0n) is 17.6. The molecule has 0 aromatic rings. The van der Waals surface area contributed by atoms with E-state index in [1.165, 1.54) is 19.6 Å². The van der Waals surface area contributed by atoms with Gasteiger partial charge in [-0.3, -0.25) is 37.9 Å². The van der Waals surface area contributed by atoms with Crippen molar-refractivity contribution in [1.82, 2.24) is 19.6 Å². The van der Waals surface area contributed by atoms with Crippen molar-refractivity contribution in [2.45, 2.75) is 0 Å². The largest absolute Gasteiger partial charge is 3.00 e. The van der Waals surface area contributed by atoms with Crippen LogP contribution in [-0.2, 0) is 18.3 Å². The molecule has 0 aromatic carbocycles. The van der Waals surface area contributed by atoms with E-state index in [2.05, 4.69) is 0 Å². The van der Waals surface area contributed by atoms with Crippen molar-refractivity contribution in [1.29, 1.82) is 0 Å². The van der Waals surface area contributed by atoms with Crippen LogP contribution in [-0.4, -0.2) is 136 Å². The summed E-state index contributed by atoms with van der Waals surface area (Å²) < 4.78 is 45.9. The molecule has 0 unspecified atom stereocenters. The molecule has 1 rings (SSSR count). The maximum absolute atomic E-state index is 11.5. The second-order valence-corrected chi connectivity index (χ2v) is 14.1. The van der Waals surface area contributed by atoms with Crippen LogP contribution in [0.5, 0.6) is 0 Å². The molecule has 1 aliphatic rings. The van der Waals surface area contributed by atoms with Crippen LogP contribution in [0.25, 0.3) is 0 Å². The van der Waals surface area contributed by atoms with E-state index >= 15 is 0 Å². The average molecular weight is 717 g/mol. The van der Waals surface area contributed by atoms with Crippen molar-refractivity contribution in [3.63, 3.8) is 0 Å². The summed E-state index contributed by atoms with van der Waals surface area (Å²) in [5.41, 5.74) is 0. The first-order valence-electron chi connectivity index (χ1n) is 9.39. The van der Waals surface area contributed by atoms with Crippen molar-refractivity contribution in [2.75, 3.05) is 77.5 Å². The van der Waals surface area contributed by atoms with Gasteiger partial charge in [-0.25, -0.2) is 0 Å². The summed E-state index contributed by atoms with van der Waals surface area (Å²) in [5, 5.41) is 0. The maximum atomic E-state index is 11.5. The molecule has 1 aliphatic heterocycles. The Balaban J connectivity index is 0.0000102. The molecule has 0 bridgehead atoms. The van der Waals surface area contributed by atoms with Gasteiger partial charge in [-0.15, -0.1) is 0 Å². The van der Waals surface area contributed by atoms with E-state index in [-0.39, 0.29) is 89.2 Å². The first-order chi connectivity index (χ1) is 14.3. The van der Waals surface area contributed by atoms with Crippen LogP contribution in [0.15, 0.2) is 0 Å². The number of hydrogen-bond donors (Lipinski definition) is 8. The van der Waals surface area contributed by atoms with E-state index in [0.29, 0.717) is 0 Å². The van der Waals surface area contributed by atoms with Crippen molar-refractivity contribution in [3.05, 3.63) is 0 Å². The zero-order valence-corrected chi connectivity index (χ0v) is 22.9. The molecule has 202 valence electrons. The van der Waals surface area contributed by atoms with Gasteiger partial charge in [-0.1, -0.05) is 0 Å². The summed E-state index contributed by atoms with van der Waals surface area (Å²) in [5.74, 6) is 0. The molecular weight excluding hydrogens is 685 g/mol. The van der Waals surface area contributed by atoms with E-state index in [1.807, 2.05) is 0 Å². The molecule has 1 saturated heterocycles. The van der Waals surface area contributed by atoms with Crippen LogP contribution in [0.3, 0.4) is 0 Å². The topological polar surface area (TPSA) is 243 Å². The molecular formula is C12H32N4O12P4Tm+3. The summed E-state index contributed by atoms with van der Waals surface area (Å²) in [6, 6.07) is 0. The van der Waals surface area contributed by atoms with Crippen LogP contribution in [0.2, 0.25) is 0 Å². The zero-order chi connectivity index (χ0) is 24.8. The van der Waals surface area contributed by atoms with Crippen LogP contribution < -0.4 is 0 Å². The average Bonchev–Trinajstić information content (AvgIpc) is 2.52. The Morgan fingerprint density at radius 3 is 0.606 bits per heavy atom. The molecule has 0 spiro atoms. The Morgan fingerprint density at radius 2 is 0.515 bits per heavy atom. The second-order valence-electron chi connectivity index (χ2n) is 7.70. The van der Waals surface area contributed by atoms with Crippen LogP contribution in [0.1, 0.15) is 0 Å². The van der Waals surface area contributed by atoms with Crippen LogP contribution >= 0.6 is 30.4 Å². The Labute approximate surface area is 220 Å². The predicted molar refractivity (Wildman–Crippen MR) is 114 cm³/mol. The SMILES string of the molecule is O=P(O)(O)CN1CCN(CP(=O)(O)O)CCN(CP(=O)(O)O)CCN(CP(=O)(O)O)CC1.[Tm+3]. The first-order valence-corrected chi connectivity index (χ1v) is 16.6. The summed E-state index contributed by atoms with van der Waals surface area (Å²) in [6.07, 6.45) is -2.59. The van der Waals surface area contributed by atoms with Crippen molar-refractivity contribution >= 4 is 30.4 Å². The third kappa shape index (κ3) is 19.5. The molecule has 0 aromatic heterocycles.